The summed E-state index contributed by atoms with van der Waals surface area (Å²) in [6, 6.07) is 4.30. The van der Waals surface area contributed by atoms with Gasteiger partial charge in [0.2, 0.25) is 0 Å². The van der Waals surface area contributed by atoms with E-state index in [1.165, 1.54) is 35.3 Å². The molecule has 4 rings (SSSR count). The van der Waals surface area contributed by atoms with Crippen molar-refractivity contribution in [3.05, 3.63) is 52.4 Å². The maximum Gasteiger partial charge on any atom is 0.352 e. The Morgan fingerprint density at radius 3 is 2.86 bits per heavy atom. The highest BCUT2D eigenvalue weighted by molar-refractivity contribution is 8.00. The molecular weight excluding hydrogens is 508 g/mol. The standard InChI is InChI=1S/C20H17F2N5O6S2/c21-8-33-26-13(12-7-35-20(23)24-12)16(28)25-14-17(29)27-15(19(30)31)9(6-34-18(14)27)5-32-11-3-1-2-10(22)4-11/h1-4,7,14,18H,5-6,8H2,(H2,23,24)(H,25,28)(H,30,31)/b26-13-/t14-,18-/m1/s1. The van der Waals surface area contributed by atoms with Crippen molar-refractivity contribution in [1.29, 1.82) is 0 Å². The monoisotopic (exact) mass is 525 g/mol. The highest BCUT2D eigenvalue weighted by atomic mass is 32.2. The summed E-state index contributed by atoms with van der Waals surface area (Å²) >= 11 is 2.24. The maximum atomic E-state index is 13.4. The van der Waals surface area contributed by atoms with Crippen molar-refractivity contribution in [3.63, 3.8) is 0 Å². The van der Waals surface area contributed by atoms with E-state index in [4.69, 9.17) is 10.5 Å². The lowest BCUT2D eigenvalue weighted by atomic mass is 10.0. The lowest BCUT2D eigenvalue weighted by Gasteiger charge is -2.49. The molecule has 1 saturated heterocycles. The van der Waals surface area contributed by atoms with Crippen molar-refractivity contribution >= 4 is 51.7 Å². The number of carboxylic acids is 1. The average molecular weight is 526 g/mol. The zero-order valence-electron chi connectivity index (χ0n) is 17.6. The van der Waals surface area contributed by atoms with E-state index in [0.717, 1.165) is 22.3 Å². The number of alkyl halides is 1. The van der Waals surface area contributed by atoms with Gasteiger partial charge in [0.15, 0.2) is 10.8 Å². The molecule has 11 nitrogen and oxygen atoms in total. The molecule has 1 aromatic carbocycles. The van der Waals surface area contributed by atoms with E-state index in [1.54, 1.807) is 0 Å². The first-order valence-corrected chi connectivity index (χ1v) is 11.8. The Kier molecular flexibility index (Phi) is 7.16. The van der Waals surface area contributed by atoms with Crippen LogP contribution in [0.3, 0.4) is 0 Å². The number of nitrogens with zero attached hydrogens (tertiary/aromatic N) is 3. The fraction of sp³-hybridized carbons (Fsp3) is 0.250. The third-order valence-corrected chi connectivity index (χ3v) is 6.94. The second kappa shape index (κ2) is 10.3. The number of hydrogen-bond donors (Lipinski definition) is 3. The number of aliphatic carboxylic acids is 1. The van der Waals surface area contributed by atoms with Crippen LogP contribution in [-0.2, 0) is 19.2 Å². The van der Waals surface area contributed by atoms with Gasteiger partial charge in [0.1, 0.15) is 41.0 Å². The van der Waals surface area contributed by atoms with Gasteiger partial charge in [0.05, 0.1) is 0 Å². The molecule has 35 heavy (non-hydrogen) atoms. The van der Waals surface area contributed by atoms with Crippen molar-refractivity contribution in [1.82, 2.24) is 15.2 Å². The van der Waals surface area contributed by atoms with Gasteiger partial charge < -0.3 is 25.7 Å². The Balaban J connectivity index is 1.49. The molecule has 184 valence electrons. The number of fused-ring (bicyclic) bond motifs is 1. The smallest absolute Gasteiger partial charge is 0.352 e. The molecule has 0 saturated carbocycles. The Hall–Kier alpha value is -3.72. The first kappa shape index (κ1) is 24.4. The largest absolute Gasteiger partial charge is 0.489 e. The van der Waals surface area contributed by atoms with Crippen LogP contribution < -0.4 is 15.8 Å². The Bertz CT molecular complexity index is 1240. The fourth-order valence-electron chi connectivity index (χ4n) is 3.42. The predicted molar refractivity (Wildman–Crippen MR) is 122 cm³/mol. The number of thiazole rings is 1. The topological polar surface area (TPSA) is 156 Å². The third-order valence-electron chi connectivity index (χ3n) is 4.93. The number of halogens is 2. The second-order valence-electron chi connectivity index (χ2n) is 7.11. The summed E-state index contributed by atoms with van der Waals surface area (Å²) in [6.45, 7) is -1.47. The molecule has 0 unspecified atom stereocenters. The van der Waals surface area contributed by atoms with E-state index >= 15 is 0 Å². The lowest BCUT2D eigenvalue weighted by Crippen LogP contribution is -2.71. The summed E-state index contributed by atoms with van der Waals surface area (Å²) in [7, 11) is 0. The van der Waals surface area contributed by atoms with Gasteiger partial charge in [-0.25, -0.2) is 18.6 Å². The van der Waals surface area contributed by atoms with E-state index in [9.17, 15) is 28.3 Å². The van der Waals surface area contributed by atoms with Crippen molar-refractivity contribution < 1.29 is 37.8 Å². The highest BCUT2D eigenvalue weighted by Gasteiger charge is 2.54. The first-order valence-electron chi connectivity index (χ1n) is 9.86. The maximum absolute atomic E-state index is 13.4. The molecule has 2 aliphatic rings. The number of carbonyl (C=O) groups is 3. The molecule has 2 aromatic rings. The molecule has 2 atom stereocenters. The minimum atomic E-state index is -1.34. The number of rotatable bonds is 9. The van der Waals surface area contributed by atoms with Crippen LogP contribution in [0.25, 0.3) is 0 Å². The van der Waals surface area contributed by atoms with Gasteiger partial charge in [-0.15, -0.1) is 23.1 Å². The van der Waals surface area contributed by atoms with Crippen molar-refractivity contribution in [2.45, 2.75) is 11.4 Å². The molecular formula is C20H17F2N5O6S2. The van der Waals surface area contributed by atoms with Crippen molar-refractivity contribution in [3.8, 4) is 5.75 Å². The number of nitrogen functional groups attached to an aromatic ring is 1. The average Bonchev–Trinajstić information content (AvgIpc) is 3.26. The number of carboxylic acid groups (broad SMARTS) is 1. The van der Waals surface area contributed by atoms with E-state index in [1.807, 2.05) is 0 Å². The van der Waals surface area contributed by atoms with E-state index in [2.05, 4.69) is 20.3 Å². The summed E-state index contributed by atoms with van der Waals surface area (Å²) in [5.74, 6) is -3.00. The number of benzene rings is 1. The minimum Gasteiger partial charge on any atom is -0.489 e. The van der Waals surface area contributed by atoms with E-state index in [-0.39, 0.29) is 40.3 Å². The van der Waals surface area contributed by atoms with E-state index < -0.39 is 41.9 Å². The van der Waals surface area contributed by atoms with Crippen LogP contribution in [0.4, 0.5) is 13.9 Å². The van der Waals surface area contributed by atoms with Gasteiger partial charge >= 0.3 is 5.97 Å². The molecule has 0 radical (unpaired) electrons. The van der Waals surface area contributed by atoms with Gasteiger partial charge in [-0.2, -0.15) is 0 Å². The molecule has 0 aliphatic carbocycles. The number of aromatic nitrogens is 1. The van der Waals surface area contributed by atoms with Crippen LogP contribution in [0.5, 0.6) is 5.75 Å². The number of nitrogens with one attached hydrogen (secondary N) is 1. The summed E-state index contributed by atoms with van der Waals surface area (Å²) in [4.78, 5) is 46.9. The van der Waals surface area contributed by atoms with Crippen LogP contribution in [0.2, 0.25) is 0 Å². The normalized spacial score (nSPS) is 19.7. The number of anilines is 1. The second-order valence-corrected chi connectivity index (χ2v) is 9.11. The molecule has 0 bridgehead atoms. The number of amides is 2. The van der Waals surface area contributed by atoms with E-state index in [0.29, 0.717) is 5.57 Å². The van der Waals surface area contributed by atoms with Crippen LogP contribution >= 0.6 is 23.1 Å². The molecule has 4 N–H and O–H groups in total. The van der Waals surface area contributed by atoms with Gasteiger partial charge in [-0.1, -0.05) is 11.2 Å². The summed E-state index contributed by atoms with van der Waals surface area (Å²) in [6.07, 6.45) is 0. The number of thioether (sulfide) groups is 1. The highest BCUT2D eigenvalue weighted by Crippen LogP contribution is 2.40. The minimum absolute atomic E-state index is 0.0290. The number of hydrogen-bond acceptors (Lipinski definition) is 10. The predicted octanol–water partition coefficient (Wildman–Crippen LogP) is 1.33. The molecule has 15 heteroatoms. The number of β-lactam (4-membered cyclic amide) rings is 1. The molecule has 1 aromatic heterocycles. The Morgan fingerprint density at radius 1 is 1.40 bits per heavy atom. The first-order chi connectivity index (χ1) is 16.8. The summed E-state index contributed by atoms with van der Waals surface area (Å²) < 4.78 is 31.3. The summed E-state index contributed by atoms with van der Waals surface area (Å²) in [5, 5.41) is 16.5. The van der Waals surface area contributed by atoms with Gasteiger partial charge in [-0.3, -0.25) is 14.5 Å². The van der Waals surface area contributed by atoms with Crippen molar-refractivity contribution in [2.75, 3.05) is 25.0 Å². The molecule has 2 amide bonds. The molecule has 1 fully saturated rings. The number of ether oxygens (including phenoxy) is 1. The van der Waals surface area contributed by atoms with Gasteiger partial charge in [-0.05, 0) is 12.1 Å². The number of nitrogens with two attached hydrogens (primary N) is 1. The molecule has 3 heterocycles. The number of oxime groups is 1. The van der Waals surface area contributed by atoms with Crippen LogP contribution in [0.15, 0.2) is 46.1 Å². The van der Waals surface area contributed by atoms with Crippen LogP contribution in [0.1, 0.15) is 5.69 Å². The zero-order chi connectivity index (χ0) is 25.1. The Morgan fingerprint density at radius 2 is 2.20 bits per heavy atom. The zero-order valence-corrected chi connectivity index (χ0v) is 19.3. The summed E-state index contributed by atoms with van der Waals surface area (Å²) in [5.41, 5.74) is 5.27. The van der Waals surface area contributed by atoms with Crippen molar-refractivity contribution in [2.24, 2.45) is 5.16 Å². The number of carbonyl (C=O) groups excluding carboxylic acids is 2. The van der Waals surface area contributed by atoms with Gasteiger partial charge in [0, 0.05) is 22.8 Å². The Labute approximate surface area is 204 Å². The third kappa shape index (κ3) is 5.05. The van der Waals surface area contributed by atoms with Gasteiger partial charge in [0.25, 0.3) is 18.7 Å². The van der Waals surface area contributed by atoms with Crippen LogP contribution in [0, 0.1) is 5.82 Å². The SMILES string of the molecule is Nc1nc(/C(=N/OCF)C(=O)N[C@@H]2C(=O)N3C(C(=O)O)=C(COc4cccc(F)c4)CS[C@H]23)cs1. The molecule has 0 spiro atoms. The fourth-order valence-corrected chi connectivity index (χ4v) is 5.30. The van der Waals surface area contributed by atoms with Crippen LogP contribution in [-0.4, -0.2) is 69.1 Å². The molecule has 2 aliphatic heterocycles. The quantitative estimate of drug-likeness (QED) is 0.250. The lowest BCUT2D eigenvalue weighted by molar-refractivity contribution is -0.150.